The number of fused-ring (bicyclic) bond motifs is 1. The van der Waals surface area contributed by atoms with Crippen LogP contribution in [0.5, 0.6) is 0 Å². The summed E-state index contributed by atoms with van der Waals surface area (Å²) in [7, 11) is 0. The number of carbonyl (C=O) groups is 1. The van der Waals surface area contributed by atoms with Crippen LogP contribution in [0.4, 0.5) is 5.82 Å². The van der Waals surface area contributed by atoms with Crippen LogP contribution >= 0.6 is 0 Å². The fourth-order valence-corrected chi connectivity index (χ4v) is 3.33. The molecule has 3 atom stereocenters. The van der Waals surface area contributed by atoms with Gasteiger partial charge < -0.3 is 15.4 Å². The quantitative estimate of drug-likeness (QED) is 0.881. The van der Waals surface area contributed by atoms with Gasteiger partial charge >= 0.3 is 0 Å². The van der Waals surface area contributed by atoms with Crippen molar-refractivity contribution in [2.75, 3.05) is 18.5 Å². The number of carbonyl (C=O) groups excluding carboxylic acids is 1. The molecule has 0 unspecified atom stereocenters. The van der Waals surface area contributed by atoms with Crippen LogP contribution in [0, 0.1) is 5.92 Å². The van der Waals surface area contributed by atoms with E-state index < -0.39 is 0 Å². The van der Waals surface area contributed by atoms with Crippen LogP contribution in [-0.2, 0) is 4.74 Å². The first-order chi connectivity index (χ1) is 10.3. The van der Waals surface area contributed by atoms with E-state index >= 15 is 0 Å². The third kappa shape index (κ3) is 3.15. The number of ether oxygens (including phenoxy) is 1. The van der Waals surface area contributed by atoms with Crippen molar-refractivity contribution in [2.45, 2.75) is 44.8 Å². The summed E-state index contributed by atoms with van der Waals surface area (Å²) in [5.41, 5.74) is 0.355. The van der Waals surface area contributed by atoms with Crippen LogP contribution in [-0.4, -0.2) is 41.4 Å². The Labute approximate surface area is 124 Å². The van der Waals surface area contributed by atoms with Crippen molar-refractivity contribution in [1.82, 2.24) is 15.5 Å². The maximum Gasteiger partial charge on any atom is 0.271 e. The third-order valence-corrected chi connectivity index (χ3v) is 4.35. The van der Waals surface area contributed by atoms with Gasteiger partial charge in [-0.05, 0) is 44.7 Å². The lowest BCUT2D eigenvalue weighted by Gasteiger charge is -2.33. The van der Waals surface area contributed by atoms with E-state index in [0.717, 1.165) is 25.3 Å². The van der Waals surface area contributed by atoms with Crippen molar-refractivity contribution < 1.29 is 9.53 Å². The van der Waals surface area contributed by atoms with Gasteiger partial charge in [0, 0.05) is 25.1 Å². The van der Waals surface area contributed by atoms with Crippen LogP contribution in [0.2, 0.25) is 0 Å². The monoisotopic (exact) mass is 290 g/mol. The van der Waals surface area contributed by atoms with Crippen molar-refractivity contribution in [2.24, 2.45) is 5.92 Å². The molecule has 1 saturated heterocycles. The number of anilines is 1. The second-order valence-corrected chi connectivity index (χ2v) is 5.71. The van der Waals surface area contributed by atoms with Crippen LogP contribution in [0.25, 0.3) is 0 Å². The number of nitrogens with zero attached hydrogens (tertiary/aromatic N) is 2. The number of hydrogen-bond acceptors (Lipinski definition) is 5. The lowest BCUT2D eigenvalue weighted by Crippen LogP contribution is -2.38. The zero-order valence-electron chi connectivity index (χ0n) is 12.3. The standard InChI is InChI=1S/C15H22N4O2/c1-2-16-15(20)12-6-7-14(19-18-12)17-11-4-3-5-13-10(11)8-9-21-13/h6-7,10-11,13H,2-5,8-9H2,1H3,(H,16,20)(H,17,19)/t10-,11-,13+/m1/s1. The van der Waals surface area contributed by atoms with Gasteiger partial charge in [-0.2, -0.15) is 0 Å². The normalized spacial score (nSPS) is 28.0. The van der Waals surface area contributed by atoms with Crippen molar-refractivity contribution >= 4 is 11.7 Å². The minimum atomic E-state index is -0.182. The van der Waals surface area contributed by atoms with Gasteiger partial charge in [-0.15, -0.1) is 10.2 Å². The fraction of sp³-hybridized carbons (Fsp3) is 0.667. The van der Waals surface area contributed by atoms with E-state index in [-0.39, 0.29) is 5.91 Å². The molecule has 1 saturated carbocycles. The lowest BCUT2D eigenvalue weighted by atomic mass is 9.82. The van der Waals surface area contributed by atoms with Gasteiger partial charge in [-0.3, -0.25) is 4.79 Å². The summed E-state index contributed by atoms with van der Waals surface area (Å²) < 4.78 is 5.77. The van der Waals surface area contributed by atoms with E-state index in [1.165, 1.54) is 12.8 Å². The van der Waals surface area contributed by atoms with Crippen molar-refractivity contribution in [1.29, 1.82) is 0 Å². The summed E-state index contributed by atoms with van der Waals surface area (Å²) in [6.07, 6.45) is 5.02. The van der Waals surface area contributed by atoms with Crippen LogP contribution < -0.4 is 10.6 Å². The second kappa shape index (κ2) is 6.39. The Morgan fingerprint density at radius 3 is 3.00 bits per heavy atom. The number of hydrogen-bond donors (Lipinski definition) is 2. The summed E-state index contributed by atoms with van der Waals surface area (Å²) in [6, 6.07) is 3.94. The average molecular weight is 290 g/mol. The Kier molecular flexibility index (Phi) is 4.34. The molecule has 2 fully saturated rings. The van der Waals surface area contributed by atoms with E-state index in [4.69, 9.17) is 4.74 Å². The minimum Gasteiger partial charge on any atom is -0.378 e. The van der Waals surface area contributed by atoms with Gasteiger partial charge in [0.25, 0.3) is 5.91 Å². The molecule has 0 spiro atoms. The number of aromatic nitrogens is 2. The maximum absolute atomic E-state index is 11.6. The summed E-state index contributed by atoms with van der Waals surface area (Å²) >= 11 is 0. The summed E-state index contributed by atoms with van der Waals surface area (Å²) in [6.45, 7) is 3.34. The molecule has 1 aliphatic carbocycles. The third-order valence-electron chi connectivity index (χ3n) is 4.35. The summed E-state index contributed by atoms with van der Waals surface area (Å²) in [5.74, 6) is 1.13. The predicted octanol–water partition coefficient (Wildman–Crippen LogP) is 1.60. The largest absolute Gasteiger partial charge is 0.378 e. The van der Waals surface area contributed by atoms with Gasteiger partial charge in [0.05, 0.1) is 6.10 Å². The molecule has 1 aromatic heterocycles. The molecule has 6 heteroatoms. The molecular weight excluding hydrogens is 268 g/mol. The molecule has 114 valence electrons. The molecular formula is C15H22N4O2. The Hall–Kier alpha value is -1.69. The molecule has 3 rings (SSSR count). The first-order valence-electron chi connectivity index (χ1n) is 7.78. The lowest BCUT2D eigenvalue weighted by molar-refractivity contribution is 0.0619. The maximum atomic E-state index is 11.6. The Morgan fingerprint density at radius 1 is 1.33 bits per heavy atom. The van der Waals surface area contributed by atoms with Gasteiger partial charge in [-0.25, -0.2) is 0 Å². The minimum absolute atomic E-state index is 0.182. The molecule has 1 aromatic rings. The molecule has 0 radical (unpaired) electrons. The van der Waals surface area contributed by atoms with Gasteiger partial charge in [-0.1, -0.05) is 0 Å². The van der Waals surface area contributed by atoms with Crippen LogP contribution in [0.15, 0.2) is 12.1 Å². The first-order valence-corrected chi connectivity index (χ1v) is 7.78. The highest BCUT2D eigenvalue weighted by Gasteiger charge is 2.37. The molecule has 0 bridgehead atoms. The first kappa shape index (κ1) is 14.3. The highest BCUT2D eigenvalue weighted by Crippen LogP contribution is 2.35. The van der Waals surface area contributed by atoms with Gasteiger partial charge in [0.2, 0.25) is 0 Å². The molecule has 1 aliphatic heterocycles. The van der Waals surface area contributed by atoms with Crippen LogP contribution in [0.3, 0.4) is 0 Å². The number of amides is 1. The number of nitrogens with one attached hydrogen (secondary N) is 2. The SMILES string of the molecule is CCNC(=O)c1ccc(N[C@@H]2CCC[C@@H]3OCC[C@@H]32)nn1. The van der Waals surface area contributed by atoms with E-state index in [9.17, 15) is 4.79 Å². The van der Waals surface area contributed by atoms with Gasteiger partial charge in [0.1, 0.15) is 5.82 Å². The zero-order chi connectivity index (χ0) is 14.7. The molecule has 21 heavy (non-hydrogen) atoms. The van der Waals surface area contributed by atoms with E-state index in [0.29, 0.717) is 30.3 Å². The Morgan fingerprint density at radius 2 is 2.24 bits per heavy atom. The van der Waals surface area contributed by atoms with Crippen molar-refractivity contribution in [3.05, 3.63) is 17.8 Å². The van der Waals surface area contributed by atoms with Crippen molar-refractivity contribution in [3.63, 3.8) is 0 Å². The molecule has 1 amide bonds. The molecule has 2 aliphatic rings. The molecule has 6 nitrogen and oxygen atoms in total. The average Bonchev–Trinajstić information content (AvgIpc) is 2.98. The summed E-state index contributed by atoms with van der Waals surface area (Å²) in [5, 5.41) is 14.3. The smallest absolute Gasteiger partial charge is 0.271 e. The predicted molar refractivity (Wildman–Crippen MR) is 79.1 cm³/mol. The second-order valence-electron chi connectivity index (χ2n) is 5.71. The molecule has 2 N–H and O–H groups in total. The molecule has 2 heterocycles. The van der Waals surface area contributed by atoms with E-state index in [2.05, 4.69) is 20.8 Å². The Balaban J connectivity index is 1.63. The zero-order valence-corrected chi connectivity index (χ0v) is 12.3. The number of rotatable bonds is 4. The van der Waals surface area contributed by atoms with E-state index in [1.807, 2.05) is 13.0 Å². The highest BCUT2D eigenvalue weighted by molar-refractivity contribution is 5.92. The van der Waals surface area contributed by atoms with E-state index in [1.54, 1.807) is 6.07 Å². The van der Waals surface area contributed by atoms with Crippen molar-refractivity contribution in [3.8, 4) is 0 Å². The Bertz CT molecular complexity index is 491. The highest BCUT2D eigenvalue weighted by atomic mass is 16.5. The topological polar surface area (TPSA) is 76.1 Å². The van der Waals surface area contributed by atoms with Gasteiger partial charge in [0.15, 0.2) is 5.69 Å². The fourth-order valence-electron chi connectivity index (χ4n) is 3.33. The molecule has 0 aromatic carbocycles. The summed E-state index contributed by atoms with van der Waals surface area (Å²) in [4.78, 5) is 11.6. The van der Waals surface area contributed by atoms with Crippen LogP contribution in [0.1, 0.15) is 43.1 Å².